The van der Waals surface area contributed by atoms with Gasteiger partial charge in [0.1, 0.15) is 5.78 Å². The van der Waals surface area contributed by atoms with Gasteiger partial charge in [0, 0.05) is 0 Å². The van der Waals surface area contributed by atoms with Crippen LogP contribution in [0.2, 0.25) is 0 Å². The second-order valence-corrected chi connectivity index (χ2v) is 5.35. The predicted molar refractivity (Wildman–Crippen MR) is 85.3 cm³/mol. The maximum absolute atomic E-state index is 11.6. The fraction of sp³-hybridized carbons (Fsp3) is 0.867. The van der Waals surface area contributed by atoms with Crippen LogP contribution in [0.15, 0.2) is 0 Å². The number of carbonyl (C=O) groups excluding carboxylic acids is 2. The average molecular weight is 334 g/mol. The van der Waals surface area contributed by atoms with Crippen LogP contribution in [0.5, 0.6) is 0 Å². The first kappa shape index (κ1) is 21.9. The van der Waals surface area contributed by atoms with Crippen molar-refractivity contribution in [3.8, 4) is 0 Å². The van der Waals surface area contributed by atoms with E-state index in [1.165, 1.54) is 6.92 Å². The van der Waals surface area contributed by atoms with E-state index < -0.39 is 0 Å². The van der Waals surface area contributed by atoms with Crippen molar-refractivity contribution in [3.05, 3.63) is 0 Å². The second kappa shape index (κ2) is 14.5. The summed E-state index contributed by atoms with van der Waals surface area (Å²) in [6, 6.07) is -0.191. The third-order valence-electron chi connectivity index (χ3n) is 2.64. The smallest absolute Gasteiger partial charge is 0.234 e. The van der Waals surface area contributed by atoms with E-state index in [9.17, 15) is 9.59 Å². The second-order valence-electron chi connectivity index (χ2n) is 5.35. The van der Waals surface area contributed by atoms with Crippen LogP contribution in [0.3, 0.4) is 0 Å². The van der Waals surface area contributed by atoms with Crippen LogP contribution in [0.25, 0.3) is 0 Å². The zero-order valence-electron chi connectivity index (χ0n) is 14.3. The number of aliphatic hydroxyl groups is 1. The Labute approximate surface area is 137 Å². The van der Waals surface area contributed by atoms with E-state index in [2.05, 4.69) is 10.6 Å². The van der Waals surface area contributed by atoms with Crippen LogP contribution < -0.4 is 10.6 Å². The molecule has 0 saturated heterocycles. The van der Waals surface area contributed by atoms with Crippen LogP contribution in [-0.4, -0.2) is 81.7 Å². The van der Waals surface area contributed by atoms with Gasteiger partial charge in [0.15, 0.2) is 0 Å². The molecule has 1 atom stereocenters. The first-order valence-electron chi connectivity index (χ1n) is 7.83. The molecular formula is C15H30N2O6. The Bertz CT molecular complexity index is 325. The van der Waals surface area contributed by atoms with Crippen molar-refractivity contribution in [1.29, 1.82) is 0 Å². The highest BCUT2D eigenvalue weighted by molar-refractivity contribution is 5.85. The number of ketones is 1. The van der Waals surface area contributed by atoms with Crippen molar-refractivity contribution in [2.45, 2.75) is 32.9 Å². The number of hydrogen-bond donors (Lipinski definition) is 3. The molecule has 0 spiro atoms. The van der Waals surface area contributed by atoms with E-state index in [4.69, 9.17) is 19.3 Å². The third-order valence-corrected chi connectivity index (χ3v) is 2.64. The Morgan fingerprint density at radius 3 is 2.26 bits per heavy atom. The number of carbonyl (C=O) groups is 2. The van der Waals surface area contributed by atoms with E-state index in [-0.39, 0.29) is 50.1 Å². The molecule has 0 aliphatic carbocycles. The van der Waals surface area contributed by atoms with E-state index >= 15 is 0 Å². The van der Waals surface area contributed by atoms with Gasteiger partial charge in [-0.05, 0) is 20.8 Å². The molecule has 0 radical (unpaired) electrons. The summed E-state index contributed by atoms with van der Waals surface area (Å²) in [5.74, 6) is -0.370. The molecule has 0 saturated carbocycles. The quantitative estimate of drug-likeness (QED) is 0.333. The fourth-order valence-electron chi connectivity index (χ4n) is 1.55. The number of aliphatic hydroxyl groups excluding tert-OH is 1. The molecule has 0 rings (SSSR count). The molecule has 23 heavy (non-hydrogen) atoms. The predicted octanol–water partition coefficient (Wildman–Crippen LogP) is -0.900. The Hall–Kier alpha value is -1.06. The maximum Gasteiger partial charge on any atom is 0.234 e. The van der Waals surface area contributed by atoms with Crippen molar-refractivity contribution < 1.29 is 28.9 Å². The van der Waals surface area contributed by atoms with Gasteiger partial charge in [-0.1, -0.05) is 0 Å². The highest BCUT2D eigenvalue weighted by Crippen LogP contribution is 1.92. The normalized spacial score (nSPS) is 12.4. The molecule has 1 amide bonds. The van der Waals surface area contributed by atoms with Crippen LogP contribution in [0.4, 0.5) is 0 Å². The summed E-state index contributed by atoms with van der Waals surface area (Å²) < 4.78 is 16.1. The molecule has 8 nitrogen and oxygen atoms in total. The van der Waals surface area contributed by atoms with Crippen molar-refractivity contribution in [2.24, 2.45) is 0 Å². The molecule has 0 aromatic heterocycles. The average Bonchev–Trinajstić information content (AvgIpc) is 2.49. The van der Waals surface area contributed by atoms with E-state index in [1.807, 2.05) is 13.8 Å². The molecule has 0 aromatic carbocycles. The Morgan fingerprint density at radius 2 is 1.70 bits per heavy atom. The number of hydrogen-bond acceptors (Lipinski definition) is 7. The largest absolute Gasteiger partial charge is 0.394 e. The highest BCUT2D eigenvalue weighted by atomic mass is 16.5. The van der Waals surface area contributed by atoms with E-state index in [1.54, 1.807) is 0 Å². The number of rotatable bonds is 15. The third kappa shape index (κ3) is 15.6. The summed E-state index contributed by atoms with van der Waals surface area (Å²) in [4.78, 5) is 22.4. The zero-order valence-corrected chi connectivity index (χ0v) is 14.3. The van der Waals surface area contributed by atoms with Crippen molar-refractivity contribution in [2.75, 3.05) is 52.7 Å². The number of amides is 1. The molecule has 0 aliphatic heterocycles. The molecule has 3 N–H and O–H groups in total. The molecule has 1 unspecified atom stereocenters. The van der Waals surface area contributed by atoms with Crippen LogP contribution in [-0.2, 0) is 23.8 Å². The minimum atomic E-state index is -0.268. The van der Waals surface area contributed by atoms with Gasteiger partial charge in [0.25, 0.3) is 0 Å². The van der Waals surface area contributed by atoms with Crippen molar-refractivity contribution in [3.63, 3.8) is 0 Å². The molecule has 8 heteroatoms. The molecule has 0 fully saturated rings. The molecule has 136 valence electrons. The number of ether oxygens (including phenoxy) is 3. The van der Waals surface area contributed by atoms with Gasteiger partial charge in [-0.2, -0.15) is 0 Å². The lowest BCUT2D eigenvalue weighted by atomic mass is 10.3. The zero-order chi connectivity index (χ0) is 17.5. The molecule has 0 aliphatic rings. The maximum atomic E-state index is 11.6. The first-order chi connectivity index (χ1) is 11.0. The number of Topliss-reactive ketones (excluding diaryl/α,β-unsaturated/α-hetero) is 1. The van der Waals surface area contributed by atoms with Crippen molar-refractivity contribution >= 4 is 11.7 Å². The standard InChI is InChI=1S/C15H30N2O6/c1-12(2)23-7-6-22-11-14(10-21-5-4-18)16-9-15(20)17-8-13(3)19/h12,14,16,18H,4-11H2,1-3H3,(H,17,20). The van der Waals surface area contributed by atoms with Gasteiger partial charge in [-0.15, -0.1) is 0 Å². The van der Waals surface area contributed by atoms with Crippen LogP contribution in [0, 0.1) is 0 Å². The summed E-state index contributed by atoms with van der Waals surface area (Å²) in [6.45, 7) is 7.18. The van der Waals surface area contributed by atoms with Crippen LogP contribution in [0.1, 0.15) is 20.8 Å². The van der Waals surface area contributed by atoms with Gasteiger partial charge < -0.3 is 30.0 Å². The minimum Gasteiger partial charge on any atom is -0.394 e. The summed E-state index contributed by atoms with van der Waals surface area (Å²) in [5.41, 5.74) is 0. The van der Waals surface area contributed by atoms with Crippen molar-refractivity contribution in [1.82, 2.24) is 10.6 Å². The highest BCUT2D eigenvalue weighted by Gasteiger charge is 2.11. The minimum absolute atomic E-state index is 0.0230. The first-order valence-corrected chi connectivity index (χ1v) is 7.83. The summed E-state index contributed by atoms with van der Waals surface area (Å²) in [7, 11) is 0. The summed E-state index contributed by atoms with van der Waals surface area (Å²) in [6.07, 6.45) is 0.158. The monoisotopic (exact) mass is 334 g/mol. The summed E-state index contributed by atoms with van der Waals surface area (Å²) in [5, 5.41) is 14.2. The SMILES string of the molecule is CC(=O)CNC(=O)CNC(COCCO)COCCOC(C)C. The van der Waals surface area contributed by atoms with E-state index in [0.29, 0.717) is 26.4 Å². The van der Waals surface area contributed by atoms with Gasteiger partial charge in [0.05, 0.1) is 64.9 Å². The Balaban J connectivity index is 3.97. The van der Waals surface area contributed by atoms with Crippen LogP contribution >= 0.6 is 0 Å². The van der Waals surface area contributed by atoms with Gasteiger partial charge >= 0.3 is 0 Å². The lowest BCUT2D eigenvalue weighted by Crippen LogP contribution is -2.44. The molecule has 0 heterocycles. The lowest BCUT2D eigenvalue weighted by molar-refractivity contribution is -0.124. The Morgan fingerprint density at radius 1 is 1.04 bits per heavy atom. The fourth-order valence-corrected chi connectivity index (χ4v) is 1.55. The Kier molecular flexibility index (Phi) is 13.9. The van der Waals surface area contributed by atoms with Gasteiger partial charge in [-0.3, -0.25) is 9.59 Å². The van der Waals surface area contributed by atoms with Gasteiger partial charge in [-0.25, -0.2) is 0 Å². The van der Waals surface area contributed by atoms with Gasteiger partial charge in [0.2, 0.25) is 5.91 Å². The number of nitrogens with one attached hydrogen (secondary N) is 2. The molecular weight excluding hydrogens is 304 g/mol. The lowest BCUT2D eigenvalue weighted by Gasteiger charge is -2.19. The summed E-state index contributed by atoms with van der Waals surface area (Å²) >= 11 is 0. The molecule has 0 aromatic rings. The topological polar surface area (TPSA) is 106 Å². The molecule has 0 bridgehead atoms. The van der Waals surface area contributed by atoms with E-state index in [0.717, 1.165) is 0 Å².